The van der Waals surface area contributed by atoms with Crippen LogP contribution < -0.4 is 20.2 Å². The lowest BCUT2D eigenvalue weighted by Gasteiger charge is -2.36. The Hall–Kier alpha value is -3.22. The van der Waals surface area contributed by atoms with E-state index < -0.39 is 0 Å². The molecule has 3 unspecified atom stereocenters. The van der Waals surface area contributed by atoms with Crippen LogP contribution in [-0.4, -0.2) is 39.1 Å². The van der Waals surface area contributed by atoms with Gasteiger partial charge in [-0.2, -0.15) is 5.10 Å². The molecule has 2 N–H and O–H groups in total. The molecule has 1 aliphatic carbocycles. The Kier molecular flexibility index (Phi) is 3.50. The number of hydrogen-bond donors (Lipinski definition) is 2. The molecule has 0 bridgehead atoms. The quantitative estimate of drug-likeness (QED) is 0.792. The van der Waals surface area contributed by atoms with Gasteiger partial charge in [0.1, 0.15) is 18.1 Å². The molecule has 0 radical (unpaired) electrons. The number of dihydropyridines is 1. The second kappa shape index (κ2) is 5.90. The van der Waals surface area contributed by atoms with Crippen LogP contribution in [0.15, 0.2) is 58.0 Å². The standard InChI is InChI=1S/C20H19N3O4/c1-25-12-5-11(6-13(7-12)26-2)16-17-14(4-3-10-8-21-23-19(10)17)22-15-9-27-20(24)18(15)16/h3-8,10,16,19,22-23H,9H2,1-2H3. The number of hydrogen-bond acceptors (Lipinski definition) is 7. The minimum Gasteiger partial charge on any atom is -0.497 e. The van der Waals surface area contributed by atoms with Crippen LogP contribution in [0, 0.1) is 5.92 Å². The second-order valence-electron chi connectivity index (χ2n) is 6.86. The fraction of sp³-hybridized carbons (Fsp3) is 0.300. The Morgan fingerprint density at radius 1 is 1.19 bits per heavy atom. The van der Waals surface area contributed by atoms with Gasteiger partial charge >= 0.3 is 5.97 Å². The Labute approximate surface area is 156 Å². The lowest BCUT2D eigenvalue weighted by Crippen LogP contribution is -2.40. The van der Waals surface area contributed by atoms with Crippen LogP contribution in [0.3, 0.4) is 0 Å². The van der Waals surface area contributed by atoms with Gasteiger partial charge in [0, 0.05) is 29.8 Å². The number of fused-ring (bicyclic) bond motifs is 2. The van der Waals surface area contributed by atoms with Gasteiger partial charge in [-0.05, 0) is 29.3 Å². The predicted octanol–water partition coefficient (Wildman–Crippen LogP) is 1.60. The number of nitrogens with zero attached hydrogens (tertiary/aromatic N) is 1. The van der Waals surface area contributed by atoms with E-state index in [0.717, 1.165) is 22.5 Å². The van der Waals surface area contributed by atoms with Crippen molar-refractivity contribution >= 4 is 12.2 Å². The molecule has 27 heavy (non-hydrogen) atoms. The number of ether oxygens (including phenoxy) is 3. The third-order valence-corrected chi connectivity index (χ3v) is 5.46. The topological polar surface area (TPSA) is 81.2 Å². The van der Waals surface area contributed by atoms with Gasteiger partial charge in [-0.3, -0.25) is 0 Å². The molecule has 1 aromatic rings. The summed E-state index contributed by atoms with van der Waals surface area (Å²) in [5, 5.41) is 7.64. The van der Waals surface area contributed by atoms with E-state index in [4.69, 9.17) is 14.2 Å². The molecule has 3 atom stereocenters. The molecule has 0 spiro atoms. The maximum Gasteiger partial charge on any atom is 0.337 e. The normalized spacial score (nSPS) is 27.5. The monoisotopic (exact) mass is 365 g/mol. The molecule has 0 saturated carbocycles. The van der Waals surface area contributed by atoms with Crippen LogP contribution >= 0.6 is 0 Å². The summed E-state index contributed by atoms with van der Waals surface area (Å²) in [6.07, 6.45) is 6.07. The number of cyclic esters (lactones) is 1. The number of carbonyl (C=O) groups excluding carboxylic acids is 1. The highest BCUT2D eigenvalue weighted by atomic mass is 16.5. The summed E-state index contributed by atoms with van der Waals surface area (Å²) in [4.78, 5) is 12.6. The highest BCUT2D eigenvalue weighted by Gasteiger charge is 2.45. The van der Waals surface area contributed by atoms with Crippen LogP contribution in [0.2, 0.25) is 0 Å². The number of nitrogens with one attached hydrogen (secondary N) is 2. The molecule has 0 saturated heterocycles. The van der Waals surface area contributed by atoms with Crippen molar-refractivity contribution in [1.82, 2.24) is 10.7 Å². The Morgan fingerprint density at radius 3 is 2.70 bits per heavy atom. The van der Waals surface area contributed by atoms with Gasteiger partial charge in [0.2, 0.25) is 0 Å². The van der Waals surface area contributed by atoms with Crippen molar-refractivity contribution in [1.29, 1.82) is 0 Å². The number of rotatable bonds is 3. The lowest BCUT2D eigenvalue weighted by atomic mass is 9.73. The molecule has 4 aliphatic rings. The fourth-order valence-corrected chi connectivity index (χ4v) is 4.21. The summed E-state index contributed by atoms with van der Waals surface area (Å²) in [6, 6.07) is 5.70. The summed E-state index contributed by atoms with van der Waals surface area (Å²) in [7, 11) is 3.23. The molecule has 3 heterocycles. The zero-order chi connectivity index (χ0) is 18.5. The molecule has 138 valence electrons. The average Bonchev–Trinajstić information content (AvgIpc) is 3.32. The van der Waals surface area contributed by atoms with Crippen molar-refractivity contribution in [2.45, 2.75) is 12.0 Å². The van der Waals surface area contributed by atoms with Crippen molar-refractivity contribution in [2.24, 2.45) is 11.0 Å². The van der Waals surface area contributed by atoms with Gasteiger partial charge in [0.25, 0.3) is 0 Å². The third-order valence-electron chi connectivity index (χ3n) is 5.46. The summed E-state index contributed by atoms with van der Waals surface area (Å²) in [5.41, 5.74) is 7.64. The smallest absolute Gasteiger partial charge is 0.337 e. The van der Waals surface area contributed by atoms with Crippen LogP contribution in [0.1, 0.15) is 11.5 Å². The summed E-state index contributed by atoms with van der Waals surface area (Å²) >= 11 is 0. The van der Waals surface area contributed by atoms with E-state index in [1.54, 1.807) is 14.2 Å². The molecule has 7 heteroatoms. The number of benzene rings is 1. The Balaban J connectivity index is 1.70. The van der Waals surface area contributed by atoms with Gasteiger partial charge in [-0.15, -0.1) is 0 Å². The zero-order valence-corrected chi connectivity index (χ0v) is 15.0. The first-order valence-corrected chi connectivity index (χ1v) is 8.80. The molecule has 3 aliphatic heterocycles. The first-order chi connectivity index (χ1) is 13.2. The van der Waals surface area contributed by atoms with Gasteiger partial charge < -0.3 is 25.0 Å². The Bertz CT molecular complexity index is 938. The van der Waals surface area contributed by atoms with Gasteiger partial charge in [-0.25, -0.2) is 4.79 Å². The summed E-state index contributed by atoms with van der Waals surface area (Å²) < 4.78 is 16.2. The number of carbonyl (C=O) groups is 1. The minimum absolute atomic E-state index is 0.0119. The van der Waals surface area contributed by atoms with Gasteiger partial charge in [-0.1, -0.05) is 6.08 Å². The van der Waals surface area contributed by atoms with Crippen LogP contribution in [0.4, 0.5) is 0 Å². The summed E-state index contributed by atoms with van der Waals surface area (Å²) in [5.74, 6) is 0.956. The van der Waals surface area contributed by atoms with Crippen molar-refractivity contribution in [3.8, 4) is 11.5 Å². The van der Waals surface area contributed by atoms with Crippen molar-refractivity contribution in [3.05, 3.63) is 58.5 Å². The SMILES string of the molecule is COc1cc(OC)cc(C2C3=C(COC3=O)NC3=C2C2NN=CC2C=C3)c1. The largest absolute Gasteiger partial charge is 0.497 e. The number of allylic oxidation sites excluding steroid dienone is 1. The molecule has 0 fully saturated rings. The molecule has 0 amide bonds. The fourth-order valence-electron chi connectivity index (χ4n) is 4.21. The van der Waals surface area contributed by atoms with Crippen molar-refractivity contribution < 1.29 is 19.0 Å². The van der Waals surface area contributed by atoms with E-state index >= 15 is 0 Å². The van der Waals surface area contributed by atoms with E-state index in [-0.39, 0.29) is 30.5 Å². The van der Waals surface area contributed by atoms with E-state index in [9.17, 15) is 4.79 Å². The maximum atomic E-state index is 12.6. The number of esters is 1. The highest BCUT2D eigenvalue weighted by molar-refractivity contribution is 5.95. The van der Waals surface area contributed by atoms with Crippen LogP contribution in [-0.2, 0) is 9.53 Å². The minimum atomic E-state index is -0.291. The molecule has 0 aromatic heterocycles. The number of methoxy groups -OCH3 is 2. The van der Waals surface area contributed by atoms with E-state index in [1.807, 2.05) is 24.4 Å². The third kappa shape index (κ3) is 2.34. The average molecular weight is 365 g/mol. The first kappa shape index (κ1) is 16.0. The summed E-state index contributed by atoms with van der Waals surface area (Å²) in [6.45, 7) is 0.258. The van der Waals surface area contributed by atoms with E-state index in [2.05, 4.69) is 28.0 Å². The first-order valence-electron chi connectivity index (χ1n) is 8.80. The van der Waals surface area contributed by atoms with Crippen LogP contribution in [0.5, 0.6) is 11.5 Å². The van der Waals surface area contributed by atoms with Crippen LogP contribution in [0.25, 0.3) is 0 Å². The molecule has 7 nitrogen and oxygen atoms in total. The molecule has 5 rings (SSSR count). The maximum absolute atomic E-state index is 12.6. The van der Waals surface area contributed by atoms with E-state index in [0.29, 0.717) is 17.1 Å². The Morgan fingerprint density at radius 2 is 1.96 bits per heavy atom. The predicted molar refractivity (Wildman–Crippen MR) is 98.5 cm³/mol. The van der Waals surface area contributed by atoms with Crippen molar-refractivity contribution in [3.63, 3.8) is 0 Å². The lowest BCUT2D eigenvalue weighted by molar-refractivity contribution is -0.136. The highest BCUT2D eigenvalue weighted by Crippen LogP contribution is 2.46. The number of hydrazone groups is 1. The zero-order valence-electron chi connectivity index (χ0n) is 15.0. The second-order valence-corrected chi connectivity index (χ2v) is 6.86. The van der Waals surface area contributed by atoms with Gasteiger partial charge in [0.15, 0.2) is 0 Å². The van der Waals surface area contributed by atoms with E-state index in [1.165, 1.54) is 0 Å². The molecular weight excluding hydrogens is 346 g/mol. The van der Waals surface area contributed by atoms with Crippen molar-refractivity contribution in [2.75, 3.05) is 20.8 Å². The molecule has 1 aromatic carbocycles. The van der Waals surface area contributed by atoms with Gasteiger partial charge in [0.05, 0.1) is 31.5 Å². The molecular formula is C20H19N3O4.